The molecule has 0 saturated heterocycles. The van der Waals surface area contributed by atoms with Gasteiger partial charge in [0, 0.05) is 18.2 Å². The van der Waals surface area contributed by atoms with Crippen molar-refractivity contribution in [2.45, 2.75) is 39.2 Å². The Morgan fingerprint density at radius 1 is 1.08 bits per heavy atom. The van der Waals surface area contributed by atoms with Gasteiger partial charge in [0.2, 0.25) is 6.54 Å². The second kappa shape index (κ2) is 9.06. The average molecular weight is 343 g/mol. The number of nitrogens with one attached hydrogen (secondary N) is 1. The van der Waals surface area contributed by atoms with Crippen LogP contribution in [0.3, 0.4) is 0 Å². The number of amides is 1. The number of hydrogen-bond donors (Lipinski definition) is 1. The number of pyridine rings is 1. The molecule has 1 aromatic carbocycles. The molecule has 5 nitrogen and oxygen atoms in total. The Bertz CT molecular complexity index is 695. The quantitative estimate of drug-likeness (QED) is 0.746. The monoisotopic (exact) mass is 343 g/mol. The number of nitrogens with zero attached hydrogens (tertiary/aromatic N) is 1. The van der Waals surface area contributed by atoms with Crippen LogP contribution in [0.2, 0.25) is 0 Å². The van der Waals surface area contributed by atoms with Crippen LogP contribution in [0.4, 0.5) is 5.69 Å². The van der Waals surface area contributed by atoms with Crippen LogP contribution in [0.1, 0.15) is 38.2 Å². The van der Waals surface area contributed by atoms with E-state index in [1.54, 1.807) is 32.4 Å². The van der Waals surface area contributed by atoms with E-state index < -0.39 is 0 Å². The van der Waals surface area contributed by atoms with E-state index in [0.29, 0.717) is 23.1 Å². The Morgan fingerprint density at radius 3 is 2.32 bits per heavy atom. The predicted molar refractivity (Wildman–Crippen MR) is 98.1 cm³/mol. The first-order valence-corrected chi connectivity index (χ1v) is 8.62. The van der Waals surface area contributed by atoms with Gasteiger partial charge in [-0.2, -0.15) is 4.57 Å². The second-order valence-electron chi connectivity index (χ2n) is 5.93. The summed E-state index contributed by atoms with van der Waals surface area (Å²) in [5, 5.41) is 2.88. The van der Waals surface area contributed by atoms with E-state index in [2.05, 4.69) is 31.3 Å². The Kier molecular flexibility index (Phi) is 6.81. The third-order valence-corrected chi connectivity index (χ3v) is 4.38. The minimum Gasteiger partial charge on any atom is -0.497 e. The van der Waals surface area contributed by atoms with Crippen LogP contribution >= 0.6 is 0 Å². The van der Waals surface area contributed by atoms with E-state index in [4.69, 9.17) is 9.47 Å². The number of anilines is 1. The van der Waals surface area contributed by atoms with Gasteiger partial charge in [-0.1, -0.05) is 13.8 Å². The predicted octanol–water partition coefficient (Wildman–Crippen LogP) is 3.53. The van der Waals surface area contributed by atoms with Crippen molar-refractivity contribution in [1.29, 1.82) is 0 Å². The van der Waals surface area contributed by atoms with Gasteiger partial charge in [0.1, 0.15) is 11.5 Å². The number of benzene rings is 1. The molecule has 0 aliphatic carbocycles. The fourth-order valence-corrected chi connectivity index (χ4v) is 2.86. The van der Waals surface area contributed by atoms with Crippen LogP contribution in [-0.2, 0) is 11.3 Å². The molecule has 1 aromatic heterocycles. The van der Waals surface area contributed by atoms with Gasteiger partial charge in [-0.05, 0) is 36.5 Å². The van der Waals surface area contributed by atoms with Crippen molar-refractivity contribution in [1.82, 2.24) is 0 Å². The zero-order chi connectivity index (χ0) is 18.2. The molecule has 2 rings (SSSR count). The van der Waals surface area contributed by atoms with E-state index in [0.717, 1.165) is 12.8 Å². The summed E-state index contributed by atoms with van der Waals surface area (Å²) in [5.74, 6) is 1.72. The highest BCUT2D eigenvalue weighted by molar-refractivity contribution is 5.91. The molecule has 0 atom stereocenters. The summed E-state index contributed by atoms with van der Waals surface area (Å²) in [7, 11) is 3.16. The summed E-state index contributed by atoms with van der Waals surface area (Å²) in [4.78, 5) is 12.3. The molecule has 0 unspecified atom stereocenters. The molecule has 5 heteroatoms. The second-order valence-corrected chi connectivity index (χ2v) is 5.93. The van der Waals surface area contributed by atoms with Gasteiger partial charge in [0.05, 0.1) is 19.9 Å². The van der Waals surface area contributed by atoms with Crippen LogP contribution in [0.25, 0.3) is 0 Å². The fourth-order valence-electron chi connectivity index (χ4n) is 2.86. The lowest BCUT2D eigenvalue weighted by Gasteiger charge is -2.12. The van der Waals surface area contributed by atoms with Gasteiger partial charge < -0.3 is 14.8 Å². The number of methoxy groups -OCH3 is 2. The van der Waals surface area contributed by atoms with Crippen molar-refractivity contribution in [3.05, 3.63) is 48.3 Å². The van der Waals surface area contributed by atoms with Gasteiger partial charge in [-0.3, -0.25) is 4.79 Å². The van der Waals surface area contributed by atoms with Crippen LogP contribution in [0.5, 0.6) is 11.5 Å². The normalized spacial score (nSPS) is 10.6. The zero-order valence-corrected chi connectivity index (χ0v) is 15.4. The van der Waals surface area contributed by atoms with Gasteiger partial charge in [-0.15, -0.1) is 0 Å². The molecule has 134 valence electrons. The van der Waals surface area contributed by atoms with Crippen LogP contribution in [0, 0.1) is 0 Å². The maximum atomic E-state index is 12.3. The molecule has 2 aromatic rings. The molecular formula is C20H27N2O3+. The number of carbonyl (C=O) groups is 1. The van der Waals surface area contributed by atoms with Crippen molar-refractivity contribution >= 4 is 11.6 Å². The number of aromatic nitrogens is 1. The molecule has 0 aliphatic rings. The number of hydrogen-bond acceptors (Lipinski definition) is 3. The third kappa shape index (κ3) is 4.95. The highest BCUT2D eigenvalue weighted by atomic mass is 16.5. The maximum Gasteiger partial charge on any atom is 0.290 e. The zero-order valence-electron chi connectivity index (χ0n) is 15.4. The summed E-state index contributed by atoms with van der Waals surface area (Å²) in [5.41, 5.74) is 1.95. The SMILES string of the molecule is CCC(CC)c1cc[n+](CC(=O)Nc2ccc(OC)cc2OC)cc1. The van der Waals surface area contributed by atoms with E-state index in [1.807, 2.05) is 17.0 Å². The Morgan fingerprint density at radius 2 is 1.76 bits per heavy atom. The van der Waals surface area contributed by atoms with Crippen LogP contribution in [0.15, 0.2) is 42.7 Å². The van der Waals surface area contributed by atoms with Crippen molar-refractivity contribution < 1.29 is 18.8 Å². The first-order chi connectivity index (χ1) is 12.1. The van der Waals surface area contributed by atoms with Crippen molar-refractivity contribution in [3.8, 4) is 11.5 Å². The number of carbonyl (C=O) groups excluding carboxylic acids is 1. The van der Waals surface area contributed by atoms with Gasteiger partial charge >= 0.3 is 0 Å². The summed E-state index contributed by atoms with van der Waals surface area (Å²) in [6.07, 6.45) is 6.16. The largest absolute Gasteiger partial charge is 0.497 e. The van der Waals surface area contributed by atoms with E-state index in [9.17, 15) is 4.79 Å². The highest BCUT2D eigenvalue weighted by Crippen LogP contribution is 2.28. The standard InChI is InChI=1S/C20H26N2O3/c1-5-15(6-2)16-9-11-22(12-10-16)14-20(23)21-18-8-7-17(24-3)13-19(18)25-4/h7-13,15H,5-6,14H2,1-4H3/p+1. The van der Waals surface area contributed by atoms with E-state index >= 15 is 0 Å². The van der Waals surface area contributed by atoms with Crippen LogP contribution < -0.4 is 19.4 Å². The topological polar surface area (TPSA) is 51.4 Å². The molecule has 1 amide bonds. The molecule has 25 heavy (non-hydrogen) atoms. The molecule has 0 saturated carbocycles. The minimum absolute atomic E-state index is 0.108. The van der Waals surface area contributed by atoms with E-state index in [1.165, 1.54) is 5.56 Å². The Labute approximate surface area is 149 Å². The number of rotatable bonds is 8. The molecule has 0 spiro atoms. The summed E-state index contributed by atoms with van der Waals surface area (Å²) >= 11 is 0. The third-order valence-electron chi connectivity index (χ3n) is 4.38. The minimum atomic E-state index is -0.108. The lowest BCUT2D eigenvalue weighted by molar-refractivity contribution is -0.684. The molecule has 0 radical (unpaired) electrons. The number of ether oxygens (including phenoxy) is 2. The van der Waals surface area contributed by atoms with Gasteiger partial charge in [0.25, 0.3) is 5.91 Å². The first-order valence-electron chi connectivity index (χ1n) is 8.62. The average Bonchev–Trinajstić information content (AvgIpc) is 2.64. The van der Waals surface area contributed by atoms with Crippen molar-refractivity contribution in [2.24, 2.45) is 0 Å². The van der Waals surface area contributed by atoms with Crippen molar-refractivity contribution in [2.75, 3.05) is 19.5 Å². The smallest absolute Gasteiger partial charge is 0.290 e. The van der Waals surface area contributed by atoms with E-state index in [-0.39, 0.29) is 12.5 Å². The fraction of sp³-hybridized carbons (Fsp3) is 0.400. The molecule has 0 aliphatic heterocycles. The summed E-state index contributed by atoms with van der Waals surface area (Å²) < 4.78 is 12.3. The molecule has 1 heterocycles. The molecular weight excluding hydrogens is 316 g/mol. The summed E-state index contributed by atoms with van der Waals surface area (Å²) in [6.45, 7) is 4.65. The Hall–Kier alpha value is -2.56. The highest BCUT2D eigenvalue weighted by Gasteiger charge is 2.14. The molecule has 0 fully saturated rings. The van der Waals surface area contributed by atoms with Gasteiger partial charge in [-0.25, -0.2) is 0 Å². The lowest BCUT2D eigenvalue weighted by atomic mass is 9.95. The lowest BCUT2D eigenvalue weighted by Crippen LogP contribution is -2.39. The Balaban J connectivity index is 2.03. The van der Waals surface area contributed by atoms with Gasteiger partial charge in [0.15, 0.2) is 12.4 Å². The van der Waals surface area contributed by atoms with Crippen LogP contribution in [-0.4, -0.2) is 20.1 Å². The molecule has 0 bridgehead atoms. The maximum absolute atomic E-state index is 12.3. The summed E-state index contributed by atoms with van der Waals surface area (Å²) in [6, 6.07) is 9.50. The van der Waals surface area contributed by atoms with Crippen molar-refractivity contribution in [3.63, 3.8) is 0 Å². The first kappa shape index (κ1) is 18.8. The molecule has 1 N–H and O–H groups in total.